The molecule has 0 aliphatic heterocycles. The summed E-state index contributed by atoms with van der Waals surface area (Å²) in [6.45, 7) is 3.98. The normalized spacial score (nSPS) is 10.3. The zero-order chi connectivity index (χ0) is 14.0. The summed E-state index contributed by atoms with van der Waals surface area (Å²) in [6, 6.07) is 10.7. The number of rotatable bonds is 3. The van der Waals surface area contributed by atoms with Gasteiger partial charge in [-0.3, -0.25) is 4.79 Å². The third kappa shape index (κ3) is 2.60. The zero-order valence-electron chi connectivity index (χ0n) is 11.4. The van der Waals surface area contributed by atoms with Gasteiger partial charge in [-0.25, -0.2) is 0 Å². The fraction of sp³-hybridized carbons (Fsp3) is 0.188. The number of methoxy groups -OCH3 is 1. The van der Waals surface area contributed by atoms with Crippen LogP contribution in [-0.4, -0.2) is 12.9 Å². The molecular formula is C16H17NO2. The highest BCUT2D eigenvalue weighted by atomic mass is 16.5. The van der Waals surface area contributed by atoms with Crippen molar-refractivity contribution in [2.24, 2.45) is 0 Å². The van der Waals surface area contributed by atoms with Crippen LogP contribution >= 0.6 is 0 Å². The summed E-state index contributed by atoms with van der Waals surface area (Å²) in [5.74, 6) is 0.546. The number of benzene rings is 2. The lowest BCUT2D eigenvalue weighted by Crippen LogP contribution is -2.05. The second kappa shape index (κ2) is 5.14. The van der Waals surface area contributed by atoms with Crippen LogP contribution in [0.25, 0.3) is 0 Å². The average molecular weight is 255 g/mol. The van der Waals surface area contributed by atoms with Gasteiger partial charge < -0.3 is 10.5 Å². The number of anilines is 1. The summed E-state index contributed by atoms with van der Waals surface area (Å²) < 4.78 is 5.30. The molecule has 0 unspecified atom stereocenters. The fourth-order valence-electron chi connectivity index (χ4n) is 1.93. The molecule has 2 rings (SSSR count). The SMILES string of the molecule is COc1cc(C)c(C)cc1C(=O)c1ccc(N)cc1. The van der Waals surface area contributed by atoms with E-state index in [-0.39, 0.29) is 5.78 Å². The van der Waals surface area contributed by atoms with Crippen molar-refractivity contribution in [3.63, 3.8) is 0 Å². The minimum atomic E-state index is -0.0556. The Labute approximate surface area is 113 Å². The Balaban J connectivity index is 2.49. The molecule has 2 N–H and O–H groups in total. The van der Waals surface area contributed by atoms with Crippen LogP contribution < -0.4 is 10.5 Å². The first-order valence-electron chi connectivity index (χ1n) is 6.08. The van der Waals surface area contributed by atoms with E-state index in [9.17, 15) is 4.79 Å². The highest BCUT2D eigenvalue weighted by Gasteiger charge is 2.15. The monoisotopic (exact) mass is 255 g/mol. The molecule has 0 saturated carbocycles. The molecule has 0 aliphatic carbocycles. The van der Waals surface area contributed by atoms with Gasteiger partial charge in [0.15, 0.2) is 5.78 Å². The summed E-state index contributed by atoms with van der Waals surface area (Å²) >= 11 is 0. The first-order valence-corrected chi connectivity index (χ1v) is 6.08. The minimum Gasteiger partial charge on any atom is -0.496 e. The van der Waals surface area contributed by atoms with Crippen LogP contribution in [0.15, 0.2) is 36.4 Å². The Morgan fingerprint density at radius 3 is 2.21 bits per heavy atom. The maximum Gasteiger partial charge on any atom is 0.196 e. The molecule has 19 heavy (non-hydrogen) atoms. The summed E-state index contributed by atoms with van der Waals surface area (Å²) in [6.07, 6.45) is 0. The van der Waals surface area contributed by atoms with Gasteiger partial charge in [0.25, 0.3) is 0 Å². The van der Waals surface area contributed by atoms with Crippen LogP contribution in [0.3, 0.4) is 0 Å². The van der Waals surface area contributed by atoms with Crippen molar-refractivity contribution in [3.05, 3.63) is 58.7 Å². The number of hydrogen-bond donors (Lipinski definition) is 1. The van der Waals surface area contributed by atoms with Crippen molar-refractivity contribution in [2.45, 2.75) is 13.8 Å². The molecule has 0 saturated heterocycles. The van der Waals surface area contributed by atoms with E-state index in [2.05, 4.69) is 0 Å². The number of carbonyl (C=O) groups is 1. The van der Waals surface area contributed by atoms with Gasteiger partial charge in [0.05, 0.1) is 12.7 Å². The molecule has 0 bridgehead atoms. The van der Waals surface area contributed by atoms with Crippen LogP contribution in [0.2, 0.25) is 0 Å². The Bertz CT molecular complexity index is 615. The molecule has 0 radical (unpaired) electrons. The lowest BCUT2D eigenvalue weighted by molar-refractivity contribution is 0.103. The molecule has 0 atom stereocenters. The Morgan fingerprint density at radius 1 is 1.05 bits per heavy atom. The van der Waals surface area contributed by atoms with Gasteiger partial charge in [0.2, 0.25) is 0 Å². The van der Waals surface area contributed by atoms with E-state index in [1.54, 1.807) is 31.4 Å². The van der Waals surface area contributed by atoms with Crippen molar-refractivity contribution in [1.29, 1.82) is 0 Å². The standard InChI is InChI=1S/C16H17NO2/c1-10-8-14(15(19-3)9-11(10)2)16(18)12-4-6-13(17)7-5-12/h4-9H,17H2,1-3H3. The smallest absolute Gasteiger partial charge is 0.196 e. The summed E-state index contributed by atoms with van der Waals surface area (Å²) in [5.41, 5.74) is 9.63. The van der Waals surface area contributed by atoms with E-state index in [1.807, 2.05) is 26.0 Å². The van der Waals surface area contributed by atoms with Gasteiger partial charge in [-0.2, -0.15) is 0 Å². The molecule has 0 spiro atoms. The second-order valence-electron chi connectivity index (χ2n) is 4.59. The zero-order valence-corrected chi connectivity index (χ0v) is 11.4. The maximum absolute atomic E-state index is 12.5. The Morgan fingerprint density at radius 2 is 1.63 bits per heavy atom. The number of nitrogen functional groups attached to an aromatic ring is 1. The summed E-state index contributed by atoms with van der Waals surface area (Å²) in [4.78, 5) is 12.5. The van der Waals surface area contributed by atoms with Gasteiger partial charge in [0, 0.05) is 11.3 Å². The van der Waals surface area contributed by atoms with E-state index >= 15 is 0 Å². The van der Waals surface area contributed by atoms with Gasteiger partial charge in [-0.1, -0.05) is 0 Å². The molecular weight excluding hydrogens is 238 g/mol. The molecule has 0 fully saturated rings. The molecule has 3 nitrogen and oxygen atoms in total. The minimum absolute atomic E-state index is 0.0556. The molecule has 2 aromatic carbocycles. The topological polar surface area (TPSA) is 52.3 Å². The van der Waals surface area contributed by atoms with Gasteiger partial charge in [-0.05, 0) is 61.4 Å². The molecule has 0 amide bonds. The average Bonchev–Trinajstić information content (AvgIpc) is 2.41. The number of ether oxygens (including phenoxy) is 1. The predicted octanol–water partition coefficient (Wildman–Crippen LogP) is 3.13. The number of hydrogen-bond acceptors (Lipinski definition) is 3. The molecule has 2 aromatic rings. The highest BCUT2D eigenvalue weighted by molar-refractivity contribution is 6.11. The number of nitrogens with two attached hydrogens (primary N) is 1. The van der Waals surface area contributed by atoms with Crippen molar-refractivity contribution in [1.82, 2.24) is 0 Å². The molecule has 0 aromatic heterocycles. The predicted molar refractivity (Wildman–Crippen MR) is 76.8 cm³/mol. The third-order valence-electron chi connectivity index (χ3n) is 3.23. The van der Waals surface area contributed by atoms with E-state index in [0.717, 1.165) is 11.1 Å². The van der Waals surface area contributed by atoms with Crippen LogP contribution in [0.4, 0.5) is 5.69 Å². The van der Waals surface area contributed by atoms with Crippen molar-refractivity contribution < 1.29 is 9.53 Å². The van der Waals surface area contributed by atoms with E-state index < -0.39 is 0 Å². The molecule has 0 heterocycles. The lowest BCUT2D eigenvalue weighted by atomic mass is 9.98. The Kier molecular flexibility index (Phi) is 3.56. The lowest BCUT2D eigenvalue weighted by Gasteiger charge is -2.11. The van der Waals surface area contributed by atoms with Gasteiger partial charge >= 0.3 is 0 Å². The number of carbonyl (C=O) groups excluding carboxylic acids is 1. The van der Waals surface area contributed by atoms with Crippen molar-refractivity contribution in [3.8, 4) is 5.75 Å². The number of ketones is 1. The second-order valence-corrected chi connectivity index (χ2v) is 4.59. The molecule has 98 valence electrons. The molecule has 0 aliphatic rings. The van der Waals surface area contributed by atoms with E-state index in [0.29, 0.717) is 22.6 Å². The first kappa shape index (κ1) is 13.1. The van der Waals surface area contributed by atoms with Crippen LogP contribution in [0.5, 0.6) is 5.75 Å². The van der Waals surface area contributed by atoms with Gasteiger partial charge in [0.1, 0.15) is 5.75 Å². The fourth-order valence-corrected chi connectivity index (χ4v) is 1.93. The largest absolute Gasteiger partial charge is 0.496 e. The van der Waals surface area contributed by atoms with Crippen LogP contribution in [0, 0.1) is 13.8 Å². The first-order chi connectivity index (χ1) is 9.02. The summed E-state index contributed by atoms with van der Waals surface area (Å²) in [5, 5.41) is 0. The van der Waals surface area contributed by atoms with Crippen LogP contribution in [0.1, 0.15) is 27.0 Å². The van der Waals surface area contributed by atoms with Crippen LogP contribution in [-0.2, 0) is 0 Å². The van der Waals surface area contributed by atoms with Crippen molar-refractivity contribution >= 4 is 11.5 Å². The highest BCUT2D eigenvalue weighted by Crippen LogP contribution is 2.25. The molecule has 3 heteroatoms. The van der Waals surface area contributed by atoms with E-state index in [1.165, 1.54) is 0 Å². The maximum atomic E-state index is 12.5. The Hall–Kier alpha value is -2.29. The van der Waals surface area contributed by atoms with Crippen molar-refractivity contribution in [2.75, 3.05) is 12.8 Å². The van der Waals surface area contributed by atoms with Gasteiger partial charge in [-0.15, -0.1) is 0 Å². The van der Waals surface area contributed by atoms with E-state index in [4.69, 9.17) is 10.5 Å². The quantitative estimate of drug-likeness (QED) is 0.677. The third-order valence-corrected chi connectivity index (χ3v) is 3.23. The number of aryl methyl sites for hydroxylation is 2. The summed E-state index contributed by atoms with van der Waals surface area (Å²) in [7, 11) is 1.57.